The maximum absolute atomic E-state index is 5.60. The van der Waals surface area contributed by atoms with Gasteiger partial charge in [0.05, 0.1) is 0 Å². The van der Waals surface area contributed by atoms with E-state index in [1.165, 1.54) is 12.8 Å². The number of hydrogen-bond donors (Lipinski definition) is 2. The smallest absolute Gasteiger partial charge is 0.208 e. The lowest BCUT2D eigenvalue weighted by atomic mass is 9.95. The summed E-state index contributed by atoms with van der Waals surface area (Å²) in [4.78, 5) is 6.84. The average Bonchev–Trinajstić information content (AvgIpc) is 2.37. The Bertz CT molecular complexity index is 257. The monoisotopic (exact) mass is 256 g/mol. The van der Waals surface area contributed by atoms with Crippen LogP contribution in [0.25, 0.3) is 0 Å². The van der Waals surface area contributed by atoms with Crippen LogP contribution in [0.2, 0.25) is 0 Å². The van der Waals surface area contributed by atoms with Gasteiger partial charge in [0, 0.05) is 32.3 Å². The molecule has 0 aromatic carbocycles. The second kappa shape index (κ2) is 8.32. The number of nitrogens with zero attached hydrogens (tertiary/aromatic N) is 2. The fraction of sp³-hybridized carbons (Fsp3) is 0.923. The first-order chi connectivity index (χ1) is 8.69. The first kappa shape index (κ1) is 15.2. The van der Waals surface area contributed by atoms with Crippen LogP contribution in [0, 0.1) is 5.92 Å². The van der Waals surface area contributed by atoms with E-state index in [2.05, 4.69) is 29.2 Å². The Balaban J connectivity index is 2.44. The summed E-state index contributed by atoms with van der Waals surface area (Å²) in [5.41, 5.74) is 2.75. The summed E-state index contributed by atoms with van der Waals surface area (Å²) >= 11 is 0. The predicted octanol–water partition coefficient (Wildman–Crippen LogP) is 1.35. The van der Waals surface area contributed by atoms with E-state index in [0.29, 0.717) is 12.0 Å². The van der Waals surface area contributed by atoms with Crippen LogP contribution in [0.3, 0.4) is 0 Å². The van der Waals surface area contributed by atoms with E-state index in [9.17, 15) is 0 Å². The molecule has 1 rings (SSSR count). The fourth-order valence-corrected chi connectivity index (χ4v) is 2.30. The van der Waals surface area contributed by atoms with Crippen molar-refractivity contribution in [2.75, 3.05) is 26.3 Å². The molecular weight excluding hydrogens is 228 g/mol. The van der Waals surface area contributed by atoms with Crippen LogP contribution in [0.5, 0.6) is 0 Å². The maximum Gasteiger partial charge on any atom is 0.208 e. The molecule has 18 heavy (non-hydrogen) atoms. The summed E-state index contributed by atoms with van der Waals surface area (Å²) in [7, 11) is 0. The number of nitrogens with two attached hydrogens (primary N) is 1. The van der Waals surface area contributed by atoms with E-state index in [0.717, 1.165) is 38.7 Å². The lowest BCUT2D eigenvalue weighted by Gasteiger charge is -2.38. The molecule has 5 nitrogen and oxygen atoms in total. The second-order valence-corrected chi connectivity index (χ2v) is 5.08. The normalized spacial score (nSPS) is 25.3. The van der Waals surface area contributed by atoms with E-state index in [4.69, 9.17) is 10.6 Å². The van der Waals surface area contributed by atoms with Crippen molar-refractivity contribution in [3.63, 3.8) is 0 Å². The van der Waals surface area contributed by atoms with Crippen molar-refractivity contribution in [3.05, 3.63) is 0 Å². The van der Waals surface area contributed by atoms with Crippen molar-refractivity contribution in [3.8, 4) is 0 Å². The summed E-state index contributed by atoms with van der Waals surface area (Å²) in [5, 5.41) is 0. The van der Waals surface area contributed by atoms with Crippen LogP contribution < -0.4 is 11.3 Å². The Morgan fingerprint density at radius 3 is 2.89 bits per heavy atom. The number of hydrogen-bond acceptors (Lipinski definition) is 3. The van der Waals surface area contributed by atoms with E-state index >= 15 is 0 Å². The van der Waals surface area contributed by atoms with Crippen molar-refractivity contribution >= 4 is 5.96 Å². The number of guanidine groups is 1. The van der Waals surface area contributed by atoms with Crippen LogP contribution in [-0.2, 0) is 4.74 Å². The van der Waals surface area contributed by atoms with E-state index in [1.54, 1.807) is 0 Å². The summed E-state index contributed by atoms with van der Waals surface area (Å²) < 4.78 is 5.30. The lowest BCUT2D eigenvalue weighted by molar-refractivity contribution is 0.146. The molecule has 5 heteroatoms. The van der Waals surface area contributed by atoms with Crippen LogP contribution in [-0.4, -0.2) is 43.2 Å². The van der Waals surface area contributed by atoms with Gasteiger partial charge in [-0.05, 0) is 39.0 Å². The van der Waals surface area contributed by atoms with Crippen molar-refractivity contribution in [1.82, 2.24) is 10.3 Å². The molecule has 106 valence electrons. The van der Waals surface area contributed by atoms with Gasteiger partial charge in [0.1, 0.15) is 0 Å². The predicted molar refractivity (Wildman–Crippen MR) is 75.3 cm³/mol. The van der Waals surface area contributed by atoms with E-state index < -0.39 is 0 Å². The molecule has 1 aliphatic rings. The minimum Gasteiger partial charge on any atom is -0.382 e. The van der Waals surface area contributed by atoms with Crippen molar-refractivity contribution in [2.45, 2.75) is 46.1 Å². The minimum atomic E-state index is 0.517. The minimum absolute atomic E-state index is 0.517. The molecule has 0 radical (unpaired) electrons. The molecule has 0 spiro atoms. The zero-order valence-corrected chi connectivity index (χ0v) is 12.0. The summed E-state index contributed by atoms with van der Waals surface area (Å²) in [6, 6.07) is 0.517. The molecule has 2 atom stereocenters. The highest BCUT2D eigenvalue weighted by molar-refractivity contribution is 5.79. The van der Waals surface area contributed by atoms with Gasteiger partial charge < -0.3 is 9.64 Å². The number of aliphatic imine (C=N–C) groups is 1. The number of rotatable bonds is 5. The molecule has 0 aromatic rings. The number of piperidine rings is 1. The Kier molecular flexibility index (Phi) is 7.05. The molecule has 3 N–H and O–H groups in total. The molecule has 0 aliphatic carbocycles. The first-order valence-electron chi connectivity index (χ1n) is 7.04. The highest BCUT2D eigenvalue weighted by Gasteiger charge is 2.24. The Labute approximate surface area is 111 Å². The Morgan fingerprint density at radius 1 is 1.44 bits per heavy atom. The molecule has 0 amide bonds. The van der Waals surface area contributed by atoms with Crippen molar-refractivity contribution in [2.24, 2.45) is 16.8 Å². The average molecular weight is 256 g/mol. The molecule has 0 aromatic heterocycles. The SMILES string of the molecule is CCOCCCN=C(NN)N1CC(C)CCC1C. The van der Waals surface area contributed by atoms with E-state index in [-0.39, 0.29) is 0 Å². The van der Waals surface area contributed by atoms with Gasteiger partial charge in [-0.3, -0.25) is 10.4 Å². The molecule has 1 saturated heterocycles. The van der Waals surface area contributed by atoms with Crippen LogP contribution in [0.4, 0.5) is 0 Å². The molecular formula is C13H28N4O. The van der Waals surface area contributed by atoms with Gasteiger partial charge >= 0.3 is 0 Å². The molecule has 1 aliphatic heterocycles. The molecule has 0 bridgehead atoms. The van der Waals surface area contributed by atoms with Crippen molar-refractivity contribution in [1.29, 1.82) is 0 Å². The van der Waals surface area contributed by atoms with Gasteiger partial charge in [0.15, 0.2) is 0 Å². The second-order valence-electron chi connectivity index (χ2n) is 5.08. The summed E-state index contributed by atoms with van der Waals surface area (Å²) in [5.74, 6) is 7.13. The summed E-state index contributed by atoms with van der Waals surface area (Å²) in [6.07, 6.45) is 3.44. The fourth-order valence-electron chi connectivity index (χ4n) is 2.30. The lowest BCUT2D eigenvalue weighted by Crippen LogP contribution is -2.52. The van der Waals surface area contributed by atoms with Gasteiger partial charge in [0.25, 0.3) is 0 Å². The van der Waals surface area contributed by atoms with Crippen LogP contribution in [0.15, 0.2) is 4.99 Å². The van der Waals surface area contributed by atoms with Gasteiger partial charge in [-0.1, -0.05) is 6.92 Å². The first-order valence-corrected chi connectivity index (χ1v) is 7.04. The number of likely N-dealkylation sites (tertiary alicyclic amines) is 1. The standard InChI is InChI=1S/C13H28N4O/c1-4-18-9-5-8-15-13(16-14)17-10-11(2)6-7-12(17)3/h11-12H,4-10,14H2,1-3H3,(H,15,16). The summed E-state index contributed by atoms with van der Waals surface area (Å²) in [6.45, 7) is 9.86. The Hall–Kier alpha value is -0.810. The third-order valence-electron chi connectivity index (χ3n) is 3.43. The van der Waals surface area contributed by atoms with E-state index in [1.807, 2.05) is 6.92 Å². The van der Waals surface area contributed by atoms with Gasteiger partial charge in [-0.2, -0.15) is 0 Å². The number of nitrogens with one attached hydrogen (secondary N) is 1. The quantitative estimate of drug-likeness (QED) is 0.256. The van der Waals surface area contributed by atoms with Crippen LogP contribution in [0.1, 0.15) is 40.0 Å². The molecule has 0 saturated carbocycles. The molecule has 2 unspecified atom stereocenters. The van der Waals surface area contributed by atoms with Crippen LogP contribution >= 0.6 is 0 Å². The largest absolute Gasteiger partial charge is 0.382 e. The highest BCUT2D eigenvalue weighted by Crippen LogP contribution is 2.21. The van der Waals surface area contributed by atoms with Gasteiger partial charge in [0.2, 0.25) is 5.96 Å². The third kappa shape index (κ3) is 4.82. The number of ether oxygens (including phenoxy) is 1. The zero-order chi connectivity index (χ0) is 13.4. The van der Waals surface area contributed by atoms with Gasteiger partial charge in [-0.15, -0.1) is 0 Å². The highest BCUT2D eigenvalue weighted by atomic mass is 16.5. The van der Waals surface area contributed by atoms with Gasteiger partial charge in [-0.25, -0.2) is 5.84 Å². The number of hydrazine groups is 1. The zero-order valence-electron chi connectivity index (χ0n) is 12.0. The Morgan fingerprint density at radius 2 is 2.22 bits per heavy atom. The third-order valence-corrected chi connectivity index (χ3v) is 3.43. The maximum atomic E-state index is 5.60. The topological polar surface area (TPSA) is 62.9 Å². The molecule has 1 heterocycles. The molecule has 1 fully saturated rings. The van der Waals surface area contributed by atoms with Crippen molar-refractivity contribution < 1.29 is 4.74 Å².